The zero-order chi connectivity index (χ0) is 33.1. The zero-order valence-corrected chi connectivity index (χ0v) is 29.0. The van der Waals surface area contributed by atoms with Gasteiger partial charge in [-0.1, -0.05) is 37.1 Å². The number of nitrogens with zero attached hydrogens (tertiary/aromatic N) is 1. The van der Waals surface area contributed by atoms with Crippen LogP contribution in [-0.2, 0) is 35.7 Å². The predicted molar refractivity (Wildman–Crippen MR) is 174 cm³/mol. The maximum Gasteiger partial charge on any atom is 0.457 e. The lowest BCUT2D eigenvalue weighted by Gasteiger charge is -2.39. The summed E-state index contributed by atoms with van der Waals surface area (Å²) in [6.45, 7) is 21.3. The zero-order valence-electron chi connectivity index (χ0n) is 29.0. The monoisotopic (exact) mass is 613 g/mol. The molecule has 0 bridgehead atoms. The standard InChI is InChI=1S/C34H56BN3O6/c1-24(39)36-34(28(40)37-30(2,3)4,20-12-13-21-35-43-32(8,9)33(10,11)44-35)26-17-14-16-25(22-26)23-38(27-18-15-19-27)29(41)42-31(5,6)7/h14,16-17,22,27H,12-13,15,18-21,23H2,1-11H3,(H,36,39)(H,37,40). The molecule has 0 radical (unpaired) electrons. The molecule has 3 rings (SSSR count). The normalized spacial score (nSPS) is 19.5. The average molecular weight is 614 g/mol. The summed E-state index contributed by atoms with van der Waals surface area (Å²) in [6, 6.07) is 7.80. The molecule has 3 amide bonds. The molecular formula is C34H56BN3O6. The Balaban J connectivity index is 1.90. The van der Waals surface area contributed by atoms with Crippen LogP contribution in [0.5, 0.6) is 0 Å². The van der Waals surface area contributed by atoms with Crippen molar-refractivity contribution in [2.75, 3.05) is 0 Å². The maximum absolute atomic E-state index is 14.1. The van der Waals surface area contributed by atoms with Gasteiger partial charge in [0, 0.05) is 25.0 Å². The quantitative estimate of drug-likeness (QED) is 0.219. The Morgan fingerprint density at radius 2 is 1.59 bits per heavy atom. The van der Waals surface area contributed by atoms with Gasteiger partial charge in [0.2, 0.25) is 5.91 Å². The van der Waals surface area contributed by atoms with Crippen molar-refractivity contribution in [2.24, 2.45) is 0 Å². The fraction of sp³-hybridized carbons (Fsp3) is 0.735. The van der Waals surface area contributed by atoms with Crippen LogP contribution in [0.3, 0.4) is 0 Å². The first-order valence-corrected chi connectivity index (χ1v) is 16.2. The van der Waals surface area contributed by atoms with Crippen LogP contribution in [0.2, 0.25) is 6.32 Å². The van der Waals surface area contributed by atoms with Crippen LogP contribution in [0.1, 0.15) is 126 Å². The van der Waals surface area contributed by atoms with Crippen molar-refractivity contribution in [1.29, 1.82) is 0 Å². The molecule has 1 aromatic rings. The van der Waals surface area contributed by atoms with E-state index in [0.29, 0.717) is 31.3 Å². The maximum atomic E-state index is 14.1. The molecule has 0 spiro atoms. The molecule has 1 unspecified atom stereocenters. The van der Waals surface area contributed by atoms with Crippen LogP contribution >= 0.6 is 0 Å². The minimum Gasteiger partial charge on any atom is -0.444 e. The number of rotatable bonds is 11. The number of amides is 3. The van der Waals surface area contributed by atoms with Crippen molar-refractivity contribution in [3.05, 3.63) is 35.4 Å². The Hall–Kier alpha value is -2.59. The third-order valence-corrected chi connectivity index (χ3v) is 8.73. The van der Waals surface area contributed by atoms with E-state index >= 15 is 0 Å². The number of hydrogen-bond acceptors (Lipinski definition) is 6. The molecule has 1 saturated heterocycles. The van der Waals surface area contributed by atoms with Gasteiger partial charge in [-0.3, -0.25) is 9.59 Å². The summed E-state index contributed by atoms with van der Waals surface area (Å²) < 4.78 is 18.1. The highest BCUT2D eigenvalue weighted by molar-refractivity contribution is 6.45. The predicted octanol–water partition coefficient (Wildman–Crippen LogP) is 6.48. The van der Waals surface area contributed by atoms with E-state index in [1.165, 1.54) is 6.92 Å². The topological polar surface area (TPSA) is 106 Å². The van der Waals surface area contributed by atoms with Crippen LogP contribution in [0.25, 0.3) is 0 Å². The molecule has 1 heterocycles. The third kappa shape index (κ3) is 9.22. The second-order valence-electron chi connectivity index (χ2n) is 15.6. The van der Waals surface area contributed by atoms with Gasteiger partial charge < -0.3 is 29.6 Å². The van der Waals surface area contributed by atoms with Crippen LogP contribution in [-0.4, -0.2) is 58.3 Å². The molecule has 9 nitrogen and oxygen atoms in total. The van der Waals surface area contributed by atoms with Gasteiger partial charge >= 0.3 is 13.2 Å². The second kappa shape index (κ2) is 13.4. The van der Waals surface area contributed by atoms with E-state index in [-0.39, 0.29) is 31.1 Å². The van der Waals surface area contributed by atoms with Crippen molar-refractivity contribution in [3.8, 4) is 0 Å². The molecule has 1 aliphatic carbocycles. The van der Waals surface area contributed by atoms with Gasteiger partial charge in [-0.05, 0) is 112 Å². The number of hydrogen-bond donors (Lipinski definition) is 2. The molecule has 2 fully saturated rings. The first-order valence-electron chi connectivity index (χ1n) is 16.2. The molecule has 1 saturated carbocycles. The van der Waals surface area contributed by atoms with E-state index in [0.717, 1.165) is 31.2 Å². The SMILES string of the molecule is CC(=O)NC(CCCCB1OC(C)(C)C(C)(C)O1)(C(=O)NC(C)(C)C)c1cccc(CN(C(=O)OC(C)(C)C)C2CCC2)c1. The smallest absolute Gasteiger partial charge is 0.444 e. The Bertz CT molecular complexity index is 1170. The Kier molecular flexibility index (Phi) is 10.9. The van der Waals surface area contributed by atoms with Crippen LogP contribution in [0, 0.1) is 0 Å². The molecule has 10 heteroatoms. The lowest BCUT2D eigenvalue weighted by Crippen LogP contribution is -2.59. The average Bonchev–Trinajstić information content (AvgIpc) is 3.03. The Morgan fingerprint density at radius 1 is 0.977 bits per heavy atom. The van der Waals surface area contributed by atoms with E-state index in [4.69, 9.17) is 14.0 Å². The third-order valence-electron chi connectivity index (χ3n) is 8.73. The highest BCUT2D eigenvalue weighted by Gasteiger charge is 2.50. The summed E-state index contributed by atoms with van der Waals surface area (Å²) in [7, 11) is -0.327. The van der Waals surface area contributed by atoms with Crippen LogP contribution in [0.4, 0.5) is 4.79 Å². The summed E-state index contributed by atoms with van der Waals surface area (Å²) in [6.07, 6.45) is 5.07. The fourth-order valence-corrected chi connectivity index (χ4v) is 5.61. The molecule has 2 aliphatic rings. The van der Waals surface area contributed by atoms with E-state index in [2.05, 4.69) is 10.6 Å². The minimum atomic E-state index is -1.31. The Morgan fingerprint density at radius 3 is 2.09 bits per heavy atom. The van der Waals surface area contributed by atoms with Crippen molar-refractivity contribution >= 4 is 25.0 Å². The summed E-state index contributed by atoms with van der Waals surface area (Å²) in [5.74, 6) is -0.564. The molecule has 44 heavy (non-hydrogen) atoms. The van der Waals surface area contributed by atoms with Gasteiger partial charge in [0.25, 0.3) is 5.91 Å². The van der Waals surface area contributed by atoms with Crippen molar-refractivity contribution in [3.63, 3.8) is 0 Å². The van der Waals surface area contributed by atoms with Gasteiger partial charge in [-0.25, -0.2) is 4.79 Å². The number of carbonyl (C=O) groups is 3. The highest BCUT2D eigenvalue weighted by Crippen LogP contribution is 2.39. The van der Waals surface area contributed by atoms with E-state index in [9.17, 15) is 14.4 Å². The van der Waals surface area contributed by atoms with Crippen molar-refractivity contribution in [1.82, 2.24) is 15.5 Å². The van der Waals surface area contributed by atoms with Gasteiger partial charge in [-0.15, -0.1) is 0 Å². The molecule has 1 aliphatic heterocycles. The summed E-state index contributed by atoms with van der Waals surface area (Å²) >= 11 is 0. The fourth-order valence-electron chi connectivity index (χ4n) is 5.61. The number of benzene rings is 1. The number of nitrogens with one attached hydrogen (secondary N) is 2. The molecule has 1 aromatic carbocycles. The van der Waals surface area contributed by atoms with Crippen molar-refractivity contribution in [2.45, 2.75) is 161 Å². The van der Waals surface area contributed by atoms with Gasteiger partial charge in [-0.2, -0.15) is 0 Å². The van der Waals surface area contributed by atoms with Crippen LogP contribution in [0.15, 0.2) is 24.3 Å². The lowest BCUT2D eigenvalue weighted by molar-refractivity contribution is -0.135. The molecule has 246 valence electrons. The highest BCUT2D eigenvalue weighted by atomic mass is 16.7. The van der Waals surface area contributed by atoms with Crippen LogP contribution < -0.4 is 10.6 Å². The van der Waals surface area contributed by atoms with E-state index in [1.54, 1.807) is 4.90 Å². The first-order chi connectivity index (χ1) is 20.1. The molecule has 0 aromatic heterocycles. The lowest BCUT2D eigenvalue weighted by atomic mass is 9.78. The van der Waals surface area contributed by atoms with Gasteiger partial charge in [0.05, 0.1) is 11.2 Å². The largest absolute Gasteiger partial charge is 0.457 e. The second-order valence-corrected chi connectivity index (χ2v) is 15.6. The van der Waals surface area contributed by atoms with Gasteiger partial charge in [0.15, 0.2) is 0 Å². The number of unbranched alkanes of at least 4 members (excludes halogenated alkanes) is 1. The molecular weight excluding hydrogens is 557 g/mol. The molecule has 1 atom stereocenters. The summed E-state index contributed by atoms with van der Waals surface area (Å²) in [5, 5.41) is 6.17. The molecule has 2 N–H and O–H groups in total. The van der Waals surface area contributed by atoms with E-state index < -0.39 is 27.9 Å². The Labute approximate surface area is 265 Å². The number of carbonyl (C=O) groups excluding carboxylic acids is 3. The summed E-state index contributed by atoms with van der Waals surface area (Å²) in [5.41, 5.74) is -1.69. The minimum absolute atomic E-state index is 0.118. The summed E-state index contributed by atoms with van der Waals surface area (Å²) in [4.78, 5) is 41.9. The first kappa shape index (κ1) is 35.9. The van der Waals surface area contributed by atoms with Gasteiger partial charge in [0.1, 0.15) is 11.1 Å². The van der Waals surface area contributed by atoms with Crippen molar-refractivity contribution < 1.29 is 28.4 Å². The van der Waals surface area contributed by atoms with E-state index in [1.807, 2.05) is 93.5 Å². The number of ether oxygens (including phenoxy) is 1.